The molecule has 3 heterocycles. The van der Waals surface area contributed by atoms with Gasteiger partial charge in [-0.25, -0.2) is 0 Å². The minimum absolute atomic E-state index is 0.0394. The molecule has 0 aliphatic carbocycles. The fourth-order valence-electron chi connectivity index (χ4n) is 3.15. The molecule has 3 aromatic rings. The van der Waals surface area contributed by atoms with E-state index >= 15 is 0 Å². The van der Waals surface area contributed by atoms with E-state index < -0.39 is 0 Å². The molecule has 1 aliphatic rings. The Morgan fingerprint density at radius 3 is 2.48 bits per heavy atom. The lowest BCUT2D eigenvalue weighted by Gasteiger charge is -2.09. The van der Waals surface area contributed by atoms with Gasteiger partial charge in [-0.1, -0.05) is 0 Å². The van der Waals surface area contributed by atoms with E-state index in [1.165, 1.54) is 17.4 Å². The van der Waals surface area contributed by atoms with E-state index in [4.69, 9.17) is 4.99 Å². The van der Waals surface area contributed by atoms with Crippen LogP contribution in [0.4, 0.5) is 0 Å². The number of carbonyl (C=O) groups is 1. The normalized spacial score (nSPS) is 12.1. The first-order valence-corrected chi connectivity index (χ1v) is 10.2. The summed E-state index contributed by atoms with van der Waals surface area (Å²) in [6, 6.07) is 7.21. The zero-order chi connectivity index (χ0) is 21.1. The van der Waals surface area contributed by atoms with E-state index in [1.54, 1.807) is 23.5 Å². The van der Waals surface area contributed by atoms with Crippen molar-refractivity contribution in [2.24, 2.45) is 4.99 Å². The summed E-state index contributed by atoms with van der Waals surface area (Å²) in [5.74, 6) is 2.04. The number of hydrogen-bond acceptors (Lipinski definition) is 6. The molecule has 0 bridgehead atoms. The second kappa shape index (κ2) is 8.57. The average Bonchev–Trinajstić information content (AvgIpc) is 3.11. The number of nitrogens with one attached hydrogen (secondary N) is 1. The molecule has 8 heteroatoms. The zero-order valence-corrected chi connectivity index (χ0v) is 18.1. The van der Waals surface area contributed by atoms with Gasteiger partial charge in [0.1, 0.15) is 23.1 Å². The van der Waals surface area contributed by atoms with Gasteiger partial charge in [-0.15, -0.1) is 21.5 Å². The molecule has 1 aromatic carbocycles. The number of phenols is 1. The molecule has 0 saturated carbocycles. The molecule has 0 saturated heterocycles. The largest absolute Gasteiger partial charge is 0.508 e. The van der Waals surface area contributed by atoms with Crippen LogP contribution in [-0.4, -0.2) is 38.0 Å². The third-order valence-corrected chi connectivity index (χ3v) is 5.84. The first kappa shape index (κ1) is 20.7. The van der Waals surface area contributed by atoms with Crippen molar-refractivity contribution < 1.29 is 9.90 Å². The van der Waals surface area contributed by atoms with Crippen LogP contribution >= 0.6 is 11.3 Å². The standard InChI is InChI=1S/C17H16N4OS.C4H9NO/c1-9-10(2)23-17-15(9)16(12-4-6-13(22)7-5-12)18-8-14-20-19-11(3)21(14)17;1-3-5-4(2)6/h4-7,22H,8H2,1-3H3;3H2,1-2H3,(H,5,6). The summed E-state index contributed by atoms with van der Waals surface area (Å²) in [5.41, 5.74) is 4.32. The predicted molar refractivity (Wildman–Crippen MR) is 115 cm³/mol. The smallest absolute Gasteiger partial charge is 0.216 e. The first-order chi connectivity index (χ1) is 13.8. The Labute approximate surface area is 174 Å². The molecule has 0 radical (unpaired) electrons. The number of rotatable bonds is 2. The number of carbonyl (C=O) groups excluding carboxylic acids is 1. The van der Waals surface area contributed by atoms with Gasteiger partial charge in [0.05, 0.1) is 5.71 Å². The van der Waals surface area contributed by atoms with Crippen molar-refractivity contribution in [3.8, 4) is 10.8 Å². The number of aliphatic imine (C=N–C) groups is 1. The molecule has 2 aromatic heterocycles. The number of amides is 1. The highest BCUT2D eigenvalue weighted by molar-refractivity contribution is 7.15. The maximum absolute atomic E-state index is 9.93. The molecule has 0 unspecified atom stereocenters. The summed E-state index contributed by atoms with van der Waals surface area (Å²) in [6.07, 6.45) is 0. The van der Waals surface area contributed by atoms with E-state index in [0.29, 0.717) is 6.54 Å². The molecule has 7 nitrogen and oxygen atoms in total. The lowest BCUT2D eigenvalue weighted by Crippen LogP contribution is -2.18. The molecule has 0 atom stereocenters. The van der Waals surface area contributed by atoms with Gasteiger partial charge in [-0.2, -0.15) is 0 Å². The van der Waals surface area contributed by atoms with Gasteiger partial charge in [0.15, 0.2) is 5.82 Å². The fourth-order valence-corrected chi connectivity index (χ4v) is 4.38. The van der Waals surface area contributed by atoms with Crippen molar-refractivity contribution >= 4 is 23.0 Å². The minimum Gasteiger partial charge on any atom is -0.508 e. The van der Waals surface area contributed by atoms with Crippen LogP contribution in [0.1, 0.15) is 47.1 Å². The Bertz CT molecular complexity index is 1060. The van der Waals surface area contributed by atoms with Crippen LogP contribution in [0, 0.1) is 20.8 Å². The summed E-state index contributed by atoms with van der Waals surface area (Å²) >= 11 is 1.75. The third-order valence-electron chi connectivity index (χ3n) is 4.64. The van der Waals surface area contributed by atoms with E-state index in [2.05, 4.69) is 33.9 Å². The second-order valence-corrected chi connectivity index (χ2v) is 7.96. The molecule has 0 spiro atoms. The molecule has 2 N–H and O–H groups in total. The maximum atomic E-state index is 9.93. The van der Waals surface area contributed by atoms with Crippen molar-refractivity contribution in [1.82, 2.24) is 20.1 Å². The quantitative estimate of drug-likeness (QED) is 0.675. The SMILES string of the molecule is CCNC(C)=O.Cc1sc2c(c1C)C(c1ccc(O)cc1)=NCc1nnc(C)n1-2. The van der Waals surface area contributed by atoms with Crippen LogP contribution in [0.15, 0.2) is 29.3 Å². The number of nitrogens with zero attached hydrogens (tertiary/aromatic N) is 4. The highest BCUT2D eigenvalue weighted by Gasteiger charge is 2.26. The summed E-state index contributed by atoms with van der Waals surface area (Å²) in [4.78, 5) is 16.0. The van der Waals surface area contributed by atoms with Gasteiger partial charge in [0, 0.05) is 29.5 Å². The highest BCUT2D eigenvalue weighted by atomic mass is 32.1. The number of aromatic nitrogens is 3. The van der Waals surface area contributed by atoms with Crippen molar-refractivity contribution in [2.45, 2.75) is 41.2 Å². The Morgan fingerprint density at radius 2 is 1.90 bits per heavy atom. The topological polar surface area (TPSA) is 92.4 Å². The van der Waals surface area contributed by atoms with Gasteiger partial charge in [0.2, 0.25) is 5.91 Å². The fraction of sp³-hybridized carbons (Fsp3) is 0.333. The molecular formula is C21H25N5O2S. The van der Waals surface area contributed by atoms with Gasteiger partial charge >= 0.3 is 0 Å². The van der Waals surface area contributed by atoms with Crippen LogP contribution < -0.4 is 5.32 Å². The van der Waals surface area contributed by atoms with E-state index in [-0.39, 0.29) is 11.7 Å². The van der Waals surface area contributed by atoms with Crippen LogP contribution in [0.25, 0.3) is 5.00 Å². The van der Waals surface area contributed by atoms with Crippen LogP contribution in [-0.2, 0) is 11.3 Å². The highest BCUT2D eigenvalue weighted by Crippen LogP contribution is 2.36. The van der Waals surface area contributed by atoms with E-state index in [1.807, 2.05) is 26.0 Å². The number of aromatic hydroxyl groups is 1. The lowest BCUT2D eigenvalue weighted by atomic mass is 10.00. The maximum Gasteiger partial charge on any atom is 0.216 e. The number of benzene rings is 1. The van der Waals surface area contributed by atoms with Crippen LogP contribution in [0.2, 0.25) is 0 Å². The Balaban J connectivity index is 0.000000353. The molecule has 4 rings (SSSR count). The van der Waals surface area contributed by atoms with Gasteiger partial charge in [-0.3, -0.25) is 14.4 Å². The van der Waals surface area contributed by atoms with Crippen LogP contribution in [0.5, 0.6) is 5.75 Å². The number of fused-ring (bicyclic) bond motifs is 3. The first-order valence-electron chi connectivity index (χ1n) is 9.43. The van der Waals surface area contributed by atoms with E-state index in [9.17, 15) is 9.90 Å². The third kappa shape index (κ3) is 4.22. The summed E-state index contributed by atoms with van der Waals surface area (Å²) < 4.78 is 2.11. The minimum atomic E-state index is 0.0394. The zero-order valence-electron chi connectivity index (χ0n) is 17.3. The van der Waals surface area contributed by atoms with Gasteiger partial charge in [-0.05, 0) is 57.5 Å². The molecule has 1 aliphatic heterocycles. The number of aryl methyl sites for hydroxylation is 2. The average molecular weight is 412 g/mol. The van der Waals surface area contributed by atoms with E-state index in [0.717, 1.165) is 40.0 Å². The Morgan fingerprint density at radius 1 is 1.21 bits per heavy atom. The molecule has 0 fully saturated rings. The van der Waals surface area contributed by atoms with Crippen molar-refractivity contribution in [2.75, 3.05) is 6.54 Å². The van der Waals surface area contributed by atoms with Crippen LogP contribution in [0.3, 0.4) is 0 Å². The van der Waals surface area contributed by atoms with Gasteiger partial charge < -0.3 is 10.4 Å². The summed E-state index contributed by atoms with van der Waals surface area (Å²) in [7, 11) is 0. The lowest BCUT2D eigenvalue weighted by molar-refractivity contribution is -0.118. The summed E-state index contributed by atoms with van der Waals surface area (Å²) in [6.45, 7) is 10.8. The van der Waals surface area contributed by atoms with Crippen molar-refractivity contribution in [3.63, 3.8) is 0 Å². The van der Waals surface area contributed by atoms with Crippen molar-refractivity contribution in [1.29, 1.82) is 0 Å². The Hall–Kier alpha value is -3.00. The molecular weight excluding hydrogens is 386 g/mol. The van der Waals surface area contributed by atoms with Crippen molar-refractivity contribution in [3.05, 3.63) is 57.5 Å². The monoisotopic (exact) mass is 411 g/mol. The molecule has 1 amide bonds. The molecule has 29 heavy (non-hydrogen) atoms. The number of thiophene rings is 1. The predicted octanol–water partition coefficient (Wildman–Crippen LogP) is 3.45. The second-order valence-electron chi connectivity index (χ2n) is 6.76. The number of hydrogen-bond donors (Lipinski definition) is 2. The van der Waals surface area contributed by atoms with Gasteiger partial charge in [0.25, 0.3) is 0 Å². The summed E-state index contributed by atoms with van der Waals surface area (Å²) in [5, 5.41) is 21.7. The molecule has 152 valence electrons. The number of phenolic OH excluding ortho intramolecular Hbond substituents is 1. The Kier molecular flexibility index (Phi) is 6.12.